The van der Waals surface area contributed by atoms with Gasteiger partial charge >= 0.3 is 0 Å². The van der Waals surface area contributed by atoms with Gasteiger partial charge in [0.2, 0.25) is 0 Å². The Morgan fingerprint density at radius 1 is 1.18 bits per heavy atom. The molecule has 0 amide bonds. The van der Waals surface area contributed by atoms with Crippen LogP contribution in [0, 0.1) is 11.7 Å². The zero-order valence-electron chi connectivity index (χ0n) is 15.7. The fourth-order valence-electron chi connectivity index (χ4n) is 2.91. The SMILES string of the molecule is CC[C@@H](Nc1c(Nc2cccc(S(C)(=N)=O)c2O)c(=O)c1=O)c1ccc(C)o1. The number of benzene rings is 1. The Kier molecular flexibility index (Phi) is 5.03. The summed E-state index contributed by atoms with van der Waals surface area (Å²) in [6.45, 7) is 3.73. The lowest BCUT2D eigenvalue weighted by atomic mass is 10.1. The van der Waals surface area contributed by atoms with E-state index in [1.165, 1.54) is 24.5 Å². The number of phenols is 1. The monoisotopic (exact) mass is 403 g/mol. The van der Waals surface area contributed by atoms with Gasteiger partial charge in [0.1, 0.15) is 22.9 Å². The quantitative estimate of drug-likeness (QED) is 0.352. The molecule has 148 valence electrons. The molecule has 1 aromatic heterocycles. The molecule has 0 saturated carbocycles. The summed E-state index contributed by atoms with van der Waals surface area (Å²) >= 11 is 0. The molecule has 0 saturated heterocycles. The van der Waals surface area contributed by atoms with Crippen molar-refractivity contribution in [2.45, 2.75) is 31.2 Å². The number of para-hydroxylation sites is 1. The first-order valence-electron chi connectivity index (χ1n) is 8.62. The average molecular weight is 403 g/mol. The van der Waals surface area contributed by atoms with E-state index in [1.807, 2.05) is 19.9 Å². The third kappa shape index (κ3) is 3.53. The van der Waals surface area contributed by atoms with Crippen LogP contribution in [-0.2, 0) is 9.73 Å². The number of hydrogen-bond donors (Lipinski definition) is 4. The van der Waals surface area contributed by atoms with Crippen LogP contribution in [0.1, 0.15) is 30.9 Å². The number of aryl methyl sites for hydroxylation is 1. The summed E-state index contributed by atoms with van der Waals surface area (Å²) in [5.41, 5.74) is -1.19. The molecule has 0 aliphatic rings. The van der Waals surface area contributed by atoms with Gasteiger partial charge in [-0.3, -0.25) is 9.59 Å². The summed E-state index contributed by atoms with van der Waals surface area (Å²) in [7, 11) is -3.16. The Labute approximate surface area is 161 Å². The van der Waals surface area contributed by atoms with Crippen LogP contribution in [0.4, 0.5) is 17.1 Å². The number of anilines is 3. The van der Waals surface area contributed by atoms with E-state index in [1.54, 1.807) is 6.07 Å². The zero-order chi connectivity index (χ0) is 20.6. The molecule has 0 aliphatic heterocycles. The molecule has 1 heterocycles. The van der Waals surface area contributed by atoms with Crippen LogP contribution in [0.5, 0.6) is 5.75 Å². The van der Waals surface area contributed by atoms with E-state index in [0.29, 0.717) is 12.2 Å². The van der Waals surface area contributed by atoms with Crippen molar-refractivity contribution in [3.8, 4) is 5.75 Å². The van der Waals surface area contributed by atoms with Gasteiger partial charge in [-0.05, 0) is 37.6 Å². The van der Waals surface area contributed by atoms with E-state index < -0.39 is 26.3 Å². The molecular formula is C19H21N3O5S. The van der Waals surface area contributed by atoms with Crippen molar-refractivity contribution in [3.05, 3.63) is 62.3 Å². The highest BCUT2D eigenvalue weighted by Gasteiger charge is 2.26. The van der Waals surface area contributed by atoms with Crippen LogP contribution >= 0.6 is 0 Å². The van der Waals surface area contributed by atoms with Crippen LogP contribution in [0.2, 0.25) is 0 Å². The highest BCUT2D eigenvalue weighted by atomic mass is 32.2. The second-order valence-corrected chi connectivity index (χ2v) is 8.71. The van der Waals surface area contributed by atoms with E-state index in [2.05, 4.69) is 10.6 Å². The maximum absolute atomic E-state index is 12.1. The molecule has 3 aromatic rings. The maximum atomic E-state index is 12.1. The molecule has 9 heteroatoms. The molecule has 3 rings (SSSR count). The van der Waals surface area contributed by atoms with Gasteiger partial charge in [0.05, 0.1) is 26.4 Å². The number of hydrogen-bond acceptors (Lipinski definition) is 8. The minimum atomic E-state index is -3.16. The average Bonchev–Trinajstić information content (AvgIpc) is 3.07. The Hall–Kier alpha value is -3.07. The van der Waals surface area contributed by atoms with Gasteiger partial charge in [-0.1, -0.05) is 13.0 Å². The molecule has 4 N–H and O–H groups in total. The molecule has 8 nitrogen and oxygen atoms in total. The minimum Gasteiger partial charge on any atom is -0.505 e. The highest BCUT2D eigenvalue weighted by Crippen LogP contribution is 2.35. The maximum Gasteiger partial charge on any atom is 0.253 e. The molecule has 0 spiro atoms. The van der Waals surface area contributed by atoms with Crippen LogP contribution in [0.25, 0.3) is 0 Å². The summed E-state index contributed by atoms with van der Waals surface area (Å²) in [5.74, 6) is 0.986. The van der Waals surface area contributed by atoms with E-state index in [0.717, 1.165) is 5.76 Å². The molecule has 0 fully saturated rings. The number of furan rings is 1. The van der Waals surface area contributed by atoms with Crippen molar-refractivity contribution in [1.29, 1.82) is 4.78 Å². The largest absolute Gasteiger partial charge is 0.505 e. The van der Waals surface area contributed by atoms with Crippen LogP contribution < -0.4 is 21.5 Å². The molecule has 1 unspecified atom stereocenters. The summed E-state index contributed by atoms with van der Waals surface area (Å²) in [4.78, 5) is 24.1. The minimum absolute atomic E-state index is 0.00626. The fourth-order valence-corrected chi connectivity index (χ4v) is 3.73. The van der Waals surface area contributed by atoms with E-state index >= 15 is 0 Å². The standard InChI is InChI=1S/C19H21N3O5S/c1-4-11(13-9-8-10(2)27-13)21-15-16(19(25)18(15)24)22-12-6-5-7-14(17(12)23)28(3,20)26/h5-9,11,20-23H,4H2,1-3H3/t11-,28?/m1/s1. The van der Waals surface area contributed by atoms with Crippen LogP contribution in [-0.4, -0.2) is 15.6 Å². The Morgan fingerprint density at radius 3 is 2.43 bits per heavy atom. The lowest BCUT2D eigenvalue weighted by Crippen LogP contribution is -2.37. The number of nitrogens with one attached hydrogen (secondary N) is 3. The van der Waals surface area contributed by atoms with Gasteiger partial charge < -0.3 is 20.2 Å². The summed E-state index contributed by atoms with van der Waals surface area (Å²) in [5, 5.41) is 16.1. The first-order chi connectivity index (χ1) is 13.1. The fraction of sp³-hybridized carbons (Fsp3) is 0.263. The first-order valence-corrected chi connectivity index (χ1v) is 10.6. The molecule has 0 aliphatic carbocycles. The van der Waals surface area contributed by atoms with E-state index in [4.69, 9.17) is 9.20 Å². The van der Waals surface area contributed by atoms with Gasteiger partial charge in [0, 0.05) is 6.26 Å². The second kappa shape index (κ2) is 7.16. The molecular weight excluding hydrogens is 382 g/mol. The summed E-state index contributed by atoms with van der Waals surface area (Å²) in [6.07, 6.45) is 1.80. The molecule has 0 bridgehead atoms. The predicted molar refractivity (Wildman–Crippen MR) is 108 cm³/mol. The van der Waals surface area contributed by atoms with Gasteiger partial charge in [0.25, 0.3) is 10.9 Å². The van der Waals surface area contributed by atoms with Gasteiger partial charge in [0.15, 0.2) is 5.75 Å². The second-order valence-electron chi connectivity index (χ2n) is 6.58. The number of aromatic hydroxyl groups is 1. The predicted octanol–water partition coefficient (Wildman–Crippen LogP) is 3.23. The summed E-state index contributed by atoms with van der Waals surface area (Å²) < 4.78 is 25.2. The third-order valence-electron chi connectivity index (χ3n) is 4.42. The van der Waals surface area contributed by atoms with E-state index in [-0.39, 0.29) is 28.0 Å². The molecule has 28 heavy (non-hydrogen) atoms. The lowest BCUT2D eigenvalue weighted by Gasteiger charge is -2.21. The number of phenolic OH excluding ortho intramolecular Hbond substituents is 1. The normalized spacial score (nSPS) is 14.5. The topological polar surface area (TPSA) is 132 Å². The number of rotatable bonds is 7. The summed E-state index contributed by atoms with van der Waals surface area (Å²) in [6, 6.07) is 7.67. The molecule has 0 radical (unpaired) electrons. The van der Waals surface area contributed by atoms with Crippen molar-refractivity contribution in [1.82, 2.24) is 0 Å². The van der Waals surface area contributed by atoms with Crippen molar-refractivity contribution in [2.24, 2.45) is 0 Å². The van der Waals surface area contributed by atoms with Crippen molar-refractivity contribution < 1.29 is 13.7 Å². The highest BCUT2D eigenvalue weighted by molar-refractivity contribution is 7.91. The smallest absolute Gasteiger partial charge is 0.253 e. The van der Waals surface area contributed by atoms with Crippen molar-refractivity contribution >= 4 is 26.8 Å². The van der Waals surface area contributed by atoms with Crippen molar-refractivity contribution in [2.75, 3.05) is 16.9 Å². The lowest BCUT2D eigenvalue weighted by molar-refractivity contribution is 0.452. The van der Waals surface area contributed by atoms with Gasteiger partial charge in [-0.25, -0.2) is 8.99 Å². The third-order valence-corrected chi connectivity index (χ3v) is 5.59. The Balaban J connectivity index is 1.93. The van der Waals surface area contributed by atoms with Crippen LogP contribution in [0.15, 0.2) is 49.2 Å². The van der Waals surface area contributed by atoms with E-state index in [9.17, 15) is 18.9 Å². The van der Waals surface area contributed by atoms with Crippen molar-refractivity contribution in [3.63, 3.8) is 0 Å². The Morgan fingerprint density at radius 2 is 1.86 bits per heavy atom. The molecule has 2 aromatic carbocycles. The molecule has 2 atom stereocenters. The first kappa shape index (κ1) is 19.7. The van der Waals surface area contributed by atoms with Crippen LogP contribution in [0.3, 0.4) is 0 Å². The Bertz CT molecular complexity index is 1200. The van der Waals surface area contributed by atoms with Gasteiger partial charge in [-0.15, -0.1) is 0 Å². The zero-order valence-corrected chi connectivity index (χ0v) is 16.5. The van der Waals surface area contributed by atoms with Gasteiger partial charge in [-0.2, -0.15) is 0 Å².